The topological polar surface area (TPSA) is 54.0 Å². The van der Waals surface area contributed by atoms with Gasteiger partial charge in [-0.15, -0.1) is 0 Å². The zero-order valence-corrected chi connectivity index (χ0v) is 19.0. The quantitative estimate of drug-likeness (QED) is 0.227. The molecule has 1 amide bonds. The lowest BCUT2D eigenvalue weighted by atomic mass is 10.0. The van der Waals surface area contributed by atoms with Crippen molar-refractivity contribution >= 4 is 63.4 Å². The van der Waals surface area contributed by atoms with Crippen LogP contribution in [0.5, 0.6) is 0 Å². The van der Waals surface area contributed by atoms with Crippen LogP contribution in [-0.2, 0) is 3.42 Å². The SMILES string of the molecule is Cc1cc(NC(=O)c2ccns2)ccc1SNc1cccc(C(C)(C)I)c1. The number of carbonyl (C=O) groups excluding carboxylic acids is 1. The van der Waals surface area contributed by atoms with E-state index in [1.807, 2.05) is 25.1 Å². The van der Waals surface area contributed by atoms with Crippen molar-refractivity contribution in [1.82, 2.24) is 4.37 Å². The summed E-state index contributed by atoms with van der Waals surface area (Å²) in [5, 5.41) is 2.91. The fraction of sp³-hybridized carbons (Fsp3) is 0.200. The molecule has 0 aliphatic carbocycles. The van der Waals surface area contributed by atoms with Crippen molar-refractivity contribution in [3.05, 3.63) is 70.7 Å². The predicted molar refractivity (Wildman–Crippen MR) is 124 cm³/mol. The molecule has 0 radical (unpaired) electrons. The molecule has 140 valence electrons. The van der Waals surface area contributed by atoms with Gasteiger partial charge in [-0.1, -0.05) is 34.7 Å². The maximum atomic E-state index is 12.1. The van der Waals surface area contributed by atoms with Crippen molar-refractivity contribution in [1.29, 1.82) is 0 Å². The van der Waals surface area contributed by atoms with Gasteiger partial charge in [0.25, 0.3) is 5.91 Å². The van der Waals surface area contributed by atoms with E-state index < -0.39 is 0 Å². The van der Waals surface area contributed by atoms with Crippen LogP contribution >= 0.6 is 46.1 Å². The molecular formula is C20H20IN3OS2. The Balaban J connectivity index is 1.65. The zero-order valence-electron chi connectivity index (χ0n) is 15.2. The van der Waals surface area contributed by atoms with Crippen LogP contribution in [0, 0.1) is 6.92 Å². The van der Waals surface area contributed by atoms with Gasteiger partial charge in [-0.3, -0.25) is 4.79 Å². The largest absolute Gasteiger partial charge is 0.326 e. The van der Waals surface area contributed by atoms with Crippen molar-refractivity contribution in [3.63, 3.8) is 0 Å². The molecule has 27 heavy (non-hydrogen) atoms. The van der Waals surface area contributed by atoms with Crippen LogP contribution in [0.25, 0.3) is 0 Å². The number of halogens is 1. The Morgan fingerprint density at radius 3 is 2.63 bits per heavy atom. The first-order valence-corrected chi connectivity index (χ1v) is 11.0. The normalized spacial score (nSPS) is 11.3. The number of amides is 1. The molecule has 0 fully saturated rings. The molecule has 7 heteroatoms. The van der Waals surface area contributed by atoms with E-state index in [0.717, 1.165) is 21.8 Å². The Bertz CT molecular complexity index is 937. The second kappa shape index (κ2) is 8.62. The average molecular weight is 509 g/mol. The van der Waals surface area contributed by atoms with E-state index in [-0.39, 0.29) is 9.33 Å². The van der Waals surface area contributed by atoms with Gasteiger partial charge in [0.05, 0.1) is 0 Å². The molecule has 0 aliphatic rings. The summed E-state index contributed by atoms with van der Waals surface area (Å²) in [6, 6.07) is 16.1. The number of benzene rings is 2. The molecule has 1 aromatic heterocycles. The van der Waals surface area contributed by atoms with E-state index in [0.29, 0.717) is 4.88 Å². The number of alkyl halides is 1. The molecule has 3 rings (SSSR count). The van der Waals surface area contributed by atoms with E-state index in [9.17, 15) is 4.79 Å². The van der Waals surface area contributed by atoms with Gasteiger partial charge in [0.1, 0.15) is 4.88 Å². The smallest absolute Gasteiger partial charge is 0.267 e. The standard InChI is InChI=1S/C20H20IN3OS2/c1-13-11-15(23-19(25)18-9-10-22-26-18)7-8-17(13)27-24-16-6-4-5-14(12-16)20(2,3)21/h4-12,24H,1-3H3,(H,23,25). The Kier molecular flexibility index (Phi) is 6.44. The van der Waals surface area contributed by atoms with Gasteiger partial charge >= 0.3 is 0 Å². The molecule has 0 aliphatic heterocycles. The van der Waals surface area contributed by atoms with E-state index >= 15 is 0 Å². The third-order valence-corrected chi connectivity index (χ3v) is 6.31. The summed E-state index contributed by atoms with van der Waals surface area (Å²) in [5.41, 5.74) is 4.24. The van der Waals surface area contributed by atoms with Gasteiger partial charge in [0.2, 0.25) is 0 Å². The van der Waals surface area contributed by atoms with Gasteiger partial charge in [0, 0.05) is 25.9 Å². The third kappa shape index (κ3) is 5.46. The maximum Gasteiger partial charge on any atom is 0.267 e. The molecule has 4 nitrogen and oxygen atoms in total. The third-order valence-electron chi connectivity index (χ3n) is 3.92. The molecule has 3 aromatic rings. The highest BCUT2D eigenvalue weighted by Crippen LogP contribution is 2.33. The molecule has 0 saturated carbocycles. The second-order valence-electron chi connectivity index (χ2n) is 6.57. The molecule has 2 N–H and O–H groups in total. The van der Waals surface area contributed by atoms with Crippen molar-refractivity contribution in [2.24, 2.45) is 0 Å². The van der Waals surface area contributed by atoms with Crippen LogP contribution in [0.3, 0.4) is 0 Å². The minimum atomic E-state index is -0.131. The summed E-state index contributed by atoms with van der Waals surface area (Å²) < 4.78 is 7.47. The summed E-state index contributed by atoms with van der Waals surface area (Å²) >= 11 is 5.21. The molecule has 0 atom stereocenters. The van der Waals surface area contributed by atoms with Crippen LogP contribution in [-0.4, -0.2) is 10.3 Å². The highest BCUT2D eigenvalue weighted by molar-refractivity contribution is 14.1. The fourth-order valence-electron chi connectivity index (χ4n) is 2.43. The monoisotopic (exact) mass is 509 g/mol. The van der Waals surface area contributed by atoms with Crippen LogP contribution in [0.15, 0.2) is 59.6 Å². The number of aryl methyl sites for hydroxylation is 1. The van der Waals surface area contributed by atoms with Crippen molar-refractivity contribution < 1.29 is 4.79 Å². The predicted octanol–water partition coefficient (Wildman–Crippen LogP) is 6.49. The molecule has 0 spiro atoms. The van der Waals surface area contributed by atoms with Crippen molar-refractivity contribution in [2.75, 3.05) is 10.0 Å². The molecule has 0 unspecified atom stereocenters. The lowest BCUT2D eigenvalue weighted by molar-refractivity contribution is 0.103. The van der Waals surface area contributed by atoms with Gasteiger partial charge in [-0.05, 0) is 91.8 Å². The summed E-state index contributed by atoms with van der Waals surface area (Å²) in [4.78, 5) is 13.9. The summed E-state index contributed by atoms with van der Waals surface area (Å²) in [6.45, 7) is 6.43. The number of aromatic nitrogens is 1. The Morgan fingerprint density at radius 2 is 1.96 bits per heavy atom. The van der Waals surface area contributed by atoms with Crippen LogP contribution in [0.2, 0.25) is 0 Å². The minimum absolute atomic E-state index is 0.0912. The number of anilines is 2. The summed E-state index contributed by atoms with van der Waals surface area (Å²) in [6.07, 6.45) is 1.63. The number of nitrogens with one attached hydrogen (secondary N) is 2. The van der Waals surface area contributed by atoms with E-state index in [1.165, 1.54) is 17.1 Å². The van der Waals surface area contributed by atoms with Gasteiger partial charge in [-0.2, -0.15) is 0 Å². The number of hydrogen-bond donors (Lipinski definition) is 2. The van der Waals surface area contributed by atoms with Gasteiger partial charge < -0.3 is 10.0 Å². The summed E-state index contributed by atoms with van der Waals surface area (Å²) in [7, 11) is 0. The van der Waals surface area contributed by atoms with Gasteiger partial charge in [0.15, 0.2) is 0 Å². The van der Waals surface area contributed by atoms with Crippen LogP contribution in [0.1, 0.15) is 34.6 Å². The van der Waals surface area contributed by atoms with E-state index in [4.69, 9.17) is 0 Å². The van der Waals surface area contributed by atoms with Crippen LogP contribution < -0.4 is 10.0 Å². The Hall–Kier alpha value is -1.58. The highest BCUT2D eigenvalue weighted by atomic mass is 127. The van der Waals surface area contributed by atoms with Crippen molar-refractivity contribution in [2.45, 2.75) is 29.1 Å². The Labute approximate surface area is 181 Å². The number of rotatable bonds is 6. The molecule has 0 bridgehead atoms. The second-order valence-corrected chi connectivity index (χ2v) is 10.9. The van der Waals surface area contributed by atoms with E-state index in [1.54, 1.807) is 24.2 Å². The maximum absolute atomic E-state index is 12.1. The number of hydrogen-bond acceptors (Lipinski definition) is 5. The number of nitrogens with zero attached hydrogens (tertiary/aromatic N) is 1. The Morgan fingerprint density at radius 1 is 1.15 bits per heavy atom. The lowest BCUT2D eigenvalue weighted by Gasteiger charge is -2.18. The van der Waals surface area contributed by atoms with Crippen molar-refractivity contribution in [3.8, 4) is 0 Å². The number of carbonyl (C=O) groups is 1. The molecule has 1 heterocycles. The first-order valence-electron chi connectivity index (χ1n) is 8.38. The lowest BCUT2D eigenvalue weighted by Crippen LogP contribution is -2.10. The minimum Gasteiger partial charge on any atom is -0.326 e. The highest BCUT2D eigenvalue weighted by Gasteiger charge is 2.16. The van der Waals surface area contributed by atoms with Crippen LogP contribution in [0.4, 0.5) is 11.4 Å². The summed E-state index contributed by atoms with van der Waals surface area (Å²) in [5.74, 6) is -0.131. The van der Waals surface area contributed by atoms with E-state index in [2.05, 4.69) is 75.1 Å². The first kappa shape index (κ1) is 20.2. The molecule has 2 aromatic carbocycles. The zero-order chi connectivity index (χ0) is 19.4. The molecular weight excluding hydrogens is 489 g/mol. The molecule has 0 saturated heterocycles. The average Bonchev–Trinajstić information content (AvgIpc) is 3.15. The first-order chi connectivity index (χ1) is 12.8. The fourth-order valence-corrected chi connectivity index (χ4v) is 3.97. The van der Waals surface area contributed by atoms with Gasteiger partial charge in [-0.25, -0.2) is 4.37 Å².